The third-order valence-electron chi connectivity index (χ3n) is 7.09. The van der Waals surface area contributed by atoms with Crippen molar-refractivity contribution in [1.29, 1.82) is 0 Å². The van der Waals surface area contributed by atoms with Crippen LogP contribution in [0.1, 0.15) is 51.5 Å². The Morgan fingerprint density at radius 3 is 2.76 bits per heavy atom. The van der Waals surface area contributed by atoms with E-state index in [-0.39, 0.29) is 12.7 Å². The summed E-state index contributed by atoms with van der Waals surface area (Å²) in [7, 11) is -4.14. The molecule has 0 saturated heterocycles. The maximum Gasteiger partial charge on any atom is 0.472 e. The lowest BCUT2D eigenvalue weighted by atomic mass is 9.75. The Morgan fingerprint density at radius 1 is 1.24 bits per heavy atom. The number of nitrogens with two attached hydrogens (primary N) is 1. The average Bonchev–Trinajstić information content (AvgIpc) is 2.88. The standard InChI is InChI=1S/C26H32N5O5P/c1-26(2)23(31-22-24(27)29-16-30-25(22)35-26)20-7-5-18(6-8-20)19-9-11-21(12-10-19)36-37(32,33)34-15-17-4-3-13-28-14-17/h3-5,7-8,13-14,16,18-19,21H,6,9-12,15H2,1-2H3,(H,32,33)(H2,27,29,30). The summed E-state index contributed by atoms with van der Waals surface area (Å²) in [5.74, 6) is 1.56. The first-order valence-corrected chi connectivity index (χ1v) is 14.0. The monoisotopic (exact) mass is 525 g/mol. The van der Waals surface area contributed by atoms with E-state index in [9.17, 15) is 9.46 Å². The fraction of sp³-hybridized carbons (Fsp3) is 0.462. The molecule has 3 aliphatic rings. The van der Waals surface area contributed by atoms with Crippen molar-refractivity contribution in [2.24, 2.45) is 16.8 Å². The number of ether oxygens (including phenoxy) is 1. The zero-order chi connectivity index (χ0) is 26.0. The molecule has 2 unspecified atom stereocenters. The molecule has 1 fully saturated rings. The summed E-state index contributed by atoms with van der Waals surface area (Å²) >= 11 is 0. The quantitative estimate of drug-likeness (QED) is 0.473. The van der Waals surface area contributed by atoms with Gasteiger partial charge in [0.1, 0.15) is 11.9 Å². The lowest BCUT2D eigenvalue weighted by Crippen LogP contribution is -2.41. The Labute approximate surface area is 216 Å². The topological polar surface area (TPSA) is 142 Å². The Bertz CT molecular complexity index is 1270. The minimum Gasteiger partial charge on any atom is -0.463 e. The van der Waals surface area contributed by atoms with E-state index >= 15 is 0 Å². The second-order valence-corrected chi connectivity index (χ2v) is 11.6. The second kappa shape index (κ2) is 10.5. The number of aromatic nitrogens is 3. The summed E-state index contributed by atoms with van der Waals surface area (Å²) in [5, 5.41) is 0. The third-order valence-corrected chi connectivity index (χ3v) is 8.11. The zero-order valence-electron chi connectivity index (χ0n) is 21.0. The number of anilines is 1. The summed E-state index contributed by atoms with van der Waals surface area (Å²) in [4.78, 5) is 27.1. The van der Waals surface area contributed by atoms with Gasteiger partial charge in [0, 0.05) is 12.4 Å². The predicted molar refractivity (Wildman–Crippen MR) is 139 cm³/mol. The van der Waals surface area contributed by atoms with Gasteiger partial charge in [0.05, 0.1) is 18.4 Å². The van der Waals surface area contributed by atoms with Gasteiger partial charge in [0.25, 0.3) is 0 Å². The highest BCUT2D eigenvalue weighted by Gasteiger charge is 2.37. The maximum atomic E-state index is 12.4. The fourth-order valence-corrected chi connectivity index (χ4v) is 6.11. The van der Waals surface area contributed by atoms with Gasteiger partial charge in [-0.1, -0.05) is 24.3 Å². The minimum atomic E-state index is -4.14. The number of phosphoric acid groups is 1. The number of hydrogen-bond donors (Lipinski definition) is 2. The molecule has 2 aromatic rings. The van der Waals surface area contributed by atoms with Crippen molar-refractivity contribution in [3.63, 3.8) is 0 Å². The van der Waals surface area contributed by atoms with Gasteiger partial charge >= 0.3 is 7.82 Å². The van der Waals surface area contributed by atoms with Crippen LogP contribution in [0.25, 0.3) is 0 Å². The van der Waals surface area contributed by atoms with Gasteiger partial charge in [0.15, 0.2) is 11.5 Å². The molecule has 2 aromatic heterocycles. The number of allylic oxidation sites excluding steroid dienone is 3. The summed E-state index contributed by atoms with van der Waals surface area (Å²) in [5.41, 5.74) is 8.36. The van der Waals surface area contributed by atoms with E-state index in [0.29, 0.717) is 29.2 Å². The number of pyridine rings is 1. The first-order valence-electron chi connectivity index (χ1n) is 12.5. The molecule has 5 rings (SSSR count). The van der Waals surface area contributed by atoms with Crippen LogP contribution in [0.3, 0.4) is 0 Å². The SMILES string of the molecule is CC1(C)Oc2ncnc(N)c2N=C1C1=CCC(C2CCC(OP(=O)(O)OCc3cccnc3)CC2)C=C1. The summed E-state index contributed by atoms with van der Waals surface area (Å²) < 4.78 is 29.2. The number of fused-ring (bicyclic) bond motifs is 1. The van der Waals surface area contributed by atoms with Crippen molar-refractivity contribution < 1.29 is 23.2 Å². The molecular formula is C26H32N5O5P. The molecule has 3 heterocycles. The highest BCUT2D eigenvalue weighted by atomic mass is 31.2. The number of rotatable bonds is 7. The molecule has 11 heteroatoms. The largest absolute Gasteiger partial charge is 0.472 e. The zero-order valence-corrected chi connectivity index (χ0v) is 21.9. The van der Waals surface area contributed by atoms with Crippen molar-refractivity contribution in [3.05, 3.63) is 60.2 Å². The second-order valence-electron chi connectivity index (χ2n) is 10.1. The molecule has 10 nitrogen and oxygen atoms in total. The van der Waals surface area contributed by atoms with E-state index in [1.165, 1.54) is 6.33 Å². The van der Waals surface area contributed by atoms with Crippen LogP contribution >= 0.6 is 7.82 Å². The molecule has 3 N–H and O–H groups in total. The van der Waals surface area contributed by atoms with Crippen molar-refractivity contribution in [2.75, 3.05) is 5.73 Å². The summed E-state index contributed by atoms with van der Waals surface area (Å²) in [6, 6.07) is 3.54. The van der Waals surface area contributed by atoms with Crippen LogP contribution in [-0.4, -0.2) is 37.3 Å². The first kappa shape index (κ1) is 25.7. The molecule has 0 aromatic carbocycles. The van der Waals surface area contributed by atoms with Gasteiger partial charge < -0.3 is 15.4 Å². The van der Waals surface area contributed by atoms with Gasteiger partial charge in [-0.3, -0.25) is 14.0 Å². The Morgan fingerprint density at radius 2 is 2.05 bits per heavy atom. The molecule has 1 saturated carbocycles. The van der Waals surface area contributed by atoms with Crippen molar-refractivity contribution in [2.45, 2.75) is 64.3 Å². The molecule has 2 aliphatic carbocycles. The maximum absolute atomic E-state index is 12.4. The first-order chi connectivity index (χ1) is 17.7. The molecule has 1 aliphatic heterocycles. The van der Waals surface area contributed by atoms with Gasteiger partial charge in [-0.15, -0.1) is 0 Å². The van der Waals surface area contributed by atoms with Crippen LogP contribution in [0.4, 0.5) is 11.5 Å². The van der Waals surface area contributed by atoms with Crippen molar-refractivity contribution in [3.8, 4) is 5.88 Å². The van der Waals surface area contributed by atoms with Gasteiger partial charge in [-0.05, 0) is 75.0 Å². The van der Waals surface area contributed by atoms with Crippen LogP contribution in [-0.2, 0) is 20.2 Å². The molecule has 2 atom stereocenters. The molecule has 196 valence electrons. The van der Waals surface area contributed by atoms with Crippen LogP contribution in [0.5, 0.6) is 5.88 Å². The van der Waals surface area contributed by atoms with Crippen molar-refractivity contribution >= 4 is 25.0 Å². The lowest BCUT2D eigenvalue weighted by molar-refractivity contribution is 0.0634. The van der Waals surface area contributed by atoms with E-state index in [1.54, 1.807) is 24.5 Å². The number of hydrogen-bond acceptors (Lipinski definition) is 9. The smallest absolute Gasteiger partial charge is 0.463 e. The molecular weight excluding hydrogens is 493 g/mol. The van der Waals surface area contributed by atoms with Gasteiger partial charge in [0.2, 0.25) is 5.88 Å². The highest BCUT2D eigenvalue weighted by molar-refractivity contribution is 7.47. The minimum absolute atomic E-state index is 0.0170. The molecule has 0 spiro atoms. The number of nitrogen functional groups attached to an aromatic ring is 1. The molecule has 0 radical (unpaired) electrons. The predicted octanol–water partition coefficient (Wildman–Crippen LogP) is 5.09. The molecule has 37 heavy (non-hydrogen) atoms. The lowest BCUT2D eigenvalue weighted by Gasteiger charge is -2.35. The van der Waals surface area contributed by atoms with Crippen LogP contribution in [0, 0.1) is 11.8 Å². The van der Waals surface area contributed by atoms with Crippen LogP contribution < -0.4 is 10.5 Å². The summed E-state index contributed by atoms with van der Waals surface area (Å²) in [6.45, 7) is 3.92. The molecule has 0 amide bonds. The number of phosphoric ester groups is 1. The fourth-order valence-electron chi connectivity index (χ4n) is 5.15. The average molecular weight is 526 g/mol. The van der Waals surface area contributed by atoms with E-state index in [4.69, 9.17) is 24.5 Å². The molecule has 0 bridgehead atoms. The van der Waals surface area contributed by atoms with E-state index in [2.05, 4.69) is 33.2 Å². The Balaban J connectivity index is 1.15. The number of nitrogens with zero attached hydrogens (tertiary/aromatic N) is 4. The van der Waals surface area contributed by atoms with E-state index in [1.807, 2.05) is 13.8 Å². The van der Waals surface area contributed by atoms with Gasteiger partial charge in [-0.25, -0.2) is 14.5 Å². The third kappa shape index (κ3) is 5.99. The Kier molecular flexibility index (Phi) is 7.27. The Hall–Kier alpha value is -2.91. The van der Waals surface area contributed by atoms with Crippen LogP contribution in [0.15, 0.2) is 59.6 Å². The van der Waals surface area contributed by atoms with Crippen LogP contribution in [0.2, 0.25) is 0 Å². The van der Waals surface area contributed by atoms with E-state index < -0.39 is 13.4 Å². The highest BCUT2D eigenvalue weighted by Crippen LogP contribution is 2.49. The van der Waals surface area contributed by atoms with Gasteiger partial charge in [-0.2, -0.15) is 4.98 Å². The van der Waals surface area contributed by atoms with Crippen molar-refractivity contribution in [1.82, 2.24) is 15.0 Å². The normalized spacial score (nSPS) is 26.3. The van der Waals surface area contributed by atoms with E-state index in [0.717, 1.165) is 49.0 Å². The summed E-state index contributed by atoms with van der Waals surface area (Å²) in [6.07, 6.45) is 15.0. The number of aliphatic imine (C=N–C) groups is 1.